The predicted molar refractivity (Wildman–Crippen MR) is 135 cm³/mol. The number of phenolic OH excluding ortho intramolecular Hbond substituents is 1. The smallest absolute Gasteiger partial charge is 0.426 e. The minimum absolute atomic E-state index is 0.195. The number of aromatic nitrogens is 2. The molecule has 1 aromatic carbocycles. The number of thiophene rings is 1. The van der Waals surface area contributed by atoms with Gasteiger partial charge in [0.1, 0.15) is 5.75 Å². The Bertz CT molecular complexity index is 1170. The molecule has 2 fully saturated rings. The number of carbonyl (C=O) groups excluding carboxylic acids is 1. The van der Waals surface area contributed by atoms with Crippen LogP contribution in [0.15, 0.2) is 30.3 Å². The molecule has 0 aliphatic carbocycles. The number of phenols is 1. The van der Waals surface area contributed by atoms with E-state index in [2.05, 4.69) is 21.2 Å². The van der Waals surface area contributed by atoms with E-state index in [-0.39, 0.29) is 5.75 Å². The SMILES string of the molecule is CCNC(=O)ON1CCN(Cc2cc3nc(-c4cccc(O)c4)nc(N4CCOCC4)c3s2)CC1. The third kappa shape index (κ3) is 5.64. The zero-order valence-corrected chi connectivity index (χ0v) is 20.6. The number of hydroxylamine groups is 2. The van der Waals surface area contributed by atoms with Crippen molar-refractivity contribution in [1.82, 2.24) is 25.2 Å². The highest BCUT2D eigenvalue weighted by Crippen LogP contribution is 2.35. The molecule has 2 saturated heterocycles. The number of ether oxygens (including phenoxy) is 1. The molecule has 4 heterocycles. The summed E-state index contributed by atoms with van der Waals surface area (Å²) in [5.74, 6) is 1.73. The number of piperazine rings is 1. The van der Waals surface area contributed by atoms with E-state index in [4.69, 9.17) is 19.5 Å². The first-order valence-electron chi connectivity index (χ1n) is 11.9. The number of amides is 1. The van der Waals surface area contributed by atoms with Crippen LogP contribution in [0.1, 0.15) is 11.8 Å². The van der Waals surface area contributed by atoms with Crippen molar-refractivity contribution >= 4 is 33.5 Å². The van der Waals surface area contributed by atoms with Crippen molar-refractivity contribution in [2.45, 2.75) is 13.5 Å². The van der Waals surface area contributed by atoms with Gasteiger partial charge >= 0.3 is 6.09 Å². The lowest BCUT2D eigenvalue weighted by atomic mass is 10.2. The van der Waals surface area contributed by atoms with E-state index in [9.17, 15) is 9.90 Å². The van der Waals surface area contributed by atoms with Crippen LogP contribution in [0, 0.1) is 0 Å². The third-order valence-electron chi connectivity index (χ3n) is 6.06. The Morgan fingerprint density at radius 1 is 1.14 bits per heavy atom. The fraction of sp³-hybridized carbons (Fsp3) is 0.458. The van der Waals surface area contributed by atoms with E-state index in [0.717, 1.165) is 54.3 Å². The molecule has 10 nitrogen and oxygen atoms in total. The lowest BCUT2D eigenvalue weighted by molar-refractivity contribution is -0.123. The summed E-state index contributed by atoms with van der Waals surface area (Å²) in [6.45, 7) is 9.10. The van der Waals surface area contributed by atoms with Gasteiger partial charge in [-0.3, -0.25) is 4.90 Å². The quantitative estimate of drug-likeness (QED) is 0.531. The molecular formula is C24H30N6O4S. The summed E-state index contributed by atoms with van der Waals surface area (Å²) >= 11 is 1.73. The molecule has 3 aromatic rings. The first kappa shape index (κ1) is 23.7. The third-order valence-corrected chi connectivity index (χ3v) is 7.17. The largest absolute Gasteiger partial charge is 0.508 e. The van der Waals surface area contributed by atoms with Gasteiger partial charge in [0.15, 0.2) is 11.6 Å². The van der Waals surface area contributed by atoms with E-state index >= 15 is 0 Å². The number of carbonyl (C=O) groups is 1. The van der Waals surface area contributed by atoms with E-state index in [1.807, 2.05) is 13.0 Å². The second-order valence-electron chi connectivity index (χ2n) is 8.56. The minimum atomic E-state index is -0.401. The summed E-state index contributed by atoms with van der Waals surface area (Å²) in [6.07, 6.45) is -0.401. The van der Waals surface area contributed by atoms with Crippen molar-refractivity contribution in [1.29, 1.82) is 0 Å². The Morgan fingerprint density at radius 3 is 2.69 bits per heavy atom. The van der Waals surface area contributed by atoms with Gasteiger partial charge in [-0.1, -0.05) is 12.1 Å². The Hall–Kier alpha value is -2.99. The first-order chi connectivity index (χ1) is 17.1. The van der Waals surface area contributed by atoms with Gasteiger partial charge in [-0.15, -0.1) is 16.4 Å². The molecule has 2 aliphatic heterocycles. The van der Waals surface area contributed by atoms with E-state index in [0.29, 0.717) is 38.7 Å². The summed E-state index contributed by atoms with van der Waals surface area (Å²) in [7, 11) is 0. The molecule has 2 aliphatic rings. The molecule has 1 amide bonds. The van der Waals surface area contributed by atoms with E-state index in [1.54, 1.807) is 34.6 Å². The monoisotopic (exact) mass is 498 g/mol. The summed E-state index contributed by atoms with van der Waals surface area (Å²) < 4.78 is 6.63. The number of nitrogens with one attached hydrogen (secondary N) is 1. The zero-order chi connectivity index (χ0) is 24.2. The summed E-state index contributed by atoms with van der Waals surface area (Å²) in [5, 5.41) is 14.3. The topological polar surface area (TPSA) is 103 Å². The van der Waals surface area contributed by atoms with Crippen molar-refractivity contribution in [3.8, 4) is 17.1 Å². The van der Waals surface area contributed by atoms with Gasteiger partial charge in [-0.25, -0.2) is 14.8 Å². The average Bonchev–Trinajstić information content (AvgIpc) is 3.27. The highest BCUT2D eigenvalue weighted by Gasteiger charge is 2.23. The van der Waals surface area contributed by atoms with Crippen LogP contribution < -0.4 is 10.2 Å². The Balaban J connectivity index is 1.36. The van der Waals surface area contributed by atoms with Gasteiger partial charge in [0, 0.05) is 62.8 Å². The molecule has 35 heavy (non-hydrogen) atoms. The fourth-order valence-corrected chi connectivity index (χ4v) is 5.45. The Labute approximate surface area is 208 Å². The molecule has 0 saturated carbocycles. The standard InChI is InChI=1S/C24H30N6O4S/c1-2-25-24(32)34-30-8-6-28(7-9-30)16-19-15-20-21(35-19)23(29-10-12-33-13-11-29)27-22(26-20)17-4-3-5-18(31)14-17/h3-5,14-15,31H,2,6-13,16H2,1H3,(H,25,32). The van der Waals surface area contributed by atoms with Crippen LogP contribution in [0.5, 0.6) is 5.75 Å². The molecule has 0 spiro atoms. The first-order valence-corrected chi connectivity index (χ1v) is 12.8. The van der Waals surface area contributed by atoms with Crippen LogP contribution in [0.4, 0.5) is 10.6 Å². The molecular weight excluding hydrogens is 468 g/mol. The van der Waals surface area contributed by atoms with Gasteiger partial charge in [-0.2, -0.15) is 0 Å². The minimum Gasteiger partial charge on any atom is -0.508 e. The van der Waals surface area contributed by atoms with Crippen molar-refractivity contribution in [2.75, 3.05) is 63.9 Å². The van der Waals surface area contributed by atoms with Crippen LogP contribution in [0.3, 0.4) is 0 Å². The molecule has 2 N–H and O–H groups in total. The number of nitrogens with zero attached hydrogens (tertiary/aromatic N) is 5. The lowest BCUT2D eigenvalue weighted by Gasteiger charge is -2.32. The molecule has 186 valence electrons. The maximum absolute atomic E-state index is 11.7. The number of hydrogen-bond donors (Lipinski definition) is 2. The Kier molecular flexibility index (Phi) is 7.28. The maximum atomic E-state index is 11.7. The van der Waals surface area contributed by atoms with Crippen LogP contribution >= 0.6 is 11.3 Å². The number of rotatable bonds is 6. The predicted octanol–water partition coefficient (Wildman–Crippen LogP) is 2.68. The van der Waals surface area contributed by atoms with Crippen LogP contribution in [-0.2, 0) is 16.1 Å². The fourth-order valence-electron chi connectivity index (χ4n) is 4.30. The average molecular weight is 499 g/mol. The normalized spacial score (nSPS) is 17.6. The number of benzene rings is 1. The number of fused-ring (bicyclic) bond motifs is 1. The van der Waals surface area contributed by atoms with Gasteiger partial charge in [0.2, 0.25) is 0 Å². The number of morpholine rings is 1. The highest BCUT2D eigenvalue weighted by molar-refractivity contribution is 7.19. The second-order valence-corrected chi connectivity index (χ2v) is 9.70. The van der Waals surface area contributed by atoms with Crippen LogP contribution in [0.25, 0.3) is 21.6 Å². The summed E-state index contributed by atoms with van der Waals surface area (Å²) in [6, 6.07) is 9.21. The van der Waals surface area contributed by atoms with E-state index < -0.39 is 6.09 Å². The molecule has 5 rings (SSSR count). The molecule has 0 radical (unpaired) electrons. The molecule has 0 atom stereocenters. The van der Waals surface area contributed by atoms with Crippen molar-refractivity contribution < 1.29 is 19.5 Å². The maximum Gasteiger partial charge on any atom is 0.426 e. The summed E-state index contributed by atoms with van der Waals surface area (Å²) in [4.78, 5) is 32.6. The van der Waals surface area contributed by atoms with Crippen molar-refractivity contribution in [3.05, 3.63) is 35.2 Å². The van der Waals surface area contributed by atoms with Gasteiger partial charge in [0.05, 0.1) is 23.4 Å². The molecule has 0 unspecified atom stereocenters. The summed E-state index contributed by atoms with van der Waals surface area (Å²) in [5.41, 5.74) is 1.70. The number of hydrogen-bond acceptors (Lipinski definition) is 10. The molecule has 11 heteroatoms. The zero-order valence-electron chi connectivity index (χ0n) is 19.8. The Morgan fingerprint density at radius 2 is 1.94 bits per heavy atom. The second kappa shape index (κ2) is 10.7. The number of anilines is 1. The van der Waals surface area contributed by atoms with Gasteiger partial charge in [0.25, 0.3) is 0 Å². The number of aromatic hydroxyl groups is 1. The van der Waals surface area contributed by atoms with Crippen molar-refractivity contribution in [3.63, 3.8) is 0 Å². The molecule has 0 bridgehead atoms. The van der Waals surface area contributed by atoms with Gasteiger partial charge < -0.3 is 24.9 Å². The molecule has 2 aromatic heterocycles. The van der Waals surface area contributed by atoms with Crippen molar-refractivity contribution in [2.24, 2.45) is 0 Å². The lowest BCUT2D eigenvalue weighted by Crippen LogP contribution is -2.47. The van der Waals surface area contributed by atoms with E-state index in [1.165, 1.54) is 4.88 Å². The van der Waals surface area contributed by atoms with Crippen LogP contribution in [0.2, 0.25) is 0 Å². The van der Waals surface area contributed by atoms with Gasteiger partial charge in [-0.05, 0) is 25.1 Å². The van der Waals surface area contributed by atoms with Crippen LogP contribution in [-0.4, -0.2) is 90.2 Å². The highest BCUT2D eigenvalue weighted by atomic mass is 32.1.